The number of rotatable bonds is 9. The summed E-state index contributed by atoms with van der Waals surface area (Å²) in [7, 11) is 0. The molecular formula is C14H26. The summed E-state index contributed by atoms with van der Waals surface area (Å²) in [5.41, 5.74) is 1.60. The topological polar surface area (TPSA) is 0 Å². The molecule has 0 heteroatoms. The van der Waals surface area contributed by atoms with Gasteiger partial charge in [0.05, 0.1) is 0 Å². The largest absolute Gasteiger partial charge is 0.103 e. The maximum Gasteiger partial charge on any atom is -0.0142 e. The standard InChI is InChI=1S/C14H26/c1-4-7-9-12-14(11-6-3)13-10-8-5-2/h6,12H,3-5,7-11,13H2,1-2H3. The average molecular weight is 194 g/mol. The molecule has 0 heterocycles. The molecule has 0 saturated carbocycles. The molecule has 0 saturated heterocycles. The lowest BCUT2D eigenvalue weighted by Gasteiger charge is -2.04. The highest BCUT2D eigenvalue weighted by Crippen LogP contribution is 2.14. The number of hydrogen-bond donors (Lipinski definition) is 0. The van der Waals surface area contributed by atoms with Crippen LogP contribution >= 0.6 is 0 Å². The van der Waals surface area contributed by atoms with Gasteiger partial charge in [0.15, 0.2) is 0 Å². The van der Waals surface area contributed by atoms with Crippen molar-refractivity contribution in [3.8, 4) is 0 Å². The van der Waals surface area contributed by atoms with Crippen LogP contribution in [0.4, 0.5) is 0 Å². The van der Waals surface area contributed by atoms with E-state index in [1.165, 1.54) is 44.9 Å². The Morgan fingerprint density at radius 3 is 2.36 bits per heavy atom. The van der Waals surface area contributed by atoms with E-state index >= 15 is 0 Å². The van der Waals surface area contributed by atoms with Gasteiger partial charge in [0.2, 0.25) is 0 Å². The van der Waals surface area contributed by atoms with Crippen LogP contribution in [0.15, 0.2) is 24.3 Å². The van der Waals surface area contributed by atoms with E-state index in [-0.39, 0.29) is 0 Å². The third-order valence-electron chi connectivity index (χ3n) is 2.50. The molecule has 82 valence electrons. The third-order valence-corrected chi connectivity index (χ3v) is 2.50. The van der Waals surface area contributed by atoms with E-state index in [9.17, 15) is 0 Å². The van der Waals surface area contributed by atoms with Crippen molar-refractivity contribution in [2.24, 2.45) is 0 Å². The summed E-state index contributed by atoms with van der Waals surface area (Å²) in [5, 5.41) is 0. The van der Waals surface area contributed by atoms with Crippen LogP contribution in [-0.2, 0) is 0 Å². The Bertz CT molecular complexity index is 153. The zero-order valence-electron chi connectivity index (χ0n) is 10.0. The molecule has 14 heavy (non-hydrogen) atoms. The molecule has 0 aliphatic carbocycles. The first-order valence-corrected chi connectivity index (χ1v) is 6.13. The molecule has 0 spiro atoms. The fraction of sp³-hybridized carbons (Fsp3) is 0.714. The molecule has 0 aliphatic rings. The molecule has 0 N–H and O–H groups in total. The first-order chi connectivity index (χ1) is 6.85. The highest BCUT2D eigenvalue weighted by atomic mass is 14.0. The van der Waals surface area contributed by atoms with E-state index < -0.39 is 0 Å². The summed E-state index contributed by atoms with van der Waals surface area (Å²) >= 11 is 0. The average Bonchev–Trinajstić information content (AvgIpc) is 2.18. The lowest BCUT2D eigenvalue weighted by Crippen LogP contribution is -1.84. The molecule has 0 aromatic carbocycles. The molecule has 0 bridgehead atoms. The molecule has 0 aromatic heterocycles. The summed E-state index contributed by atoms with van der Waals surface area (Å²) in [6.45, 7) is 8.32. The smallest absolute Gasteiger partial charge is 0.0142 e. The highest BCUT2D eigenvalue weighted by molar-refractivity contribution is 5.06. The van der Waals surface area contributed by atoms with Gasteiger partial charge in [-0.15, -0.1) is 6.58 Å². The summed E-state index contributed by atoms with van der Waals surface area (Å²) in [5.74, 6) is 0. The Morgan fingerprint density at radius 1 is 1.07 bits per heavy atom. The summed E-state index contributed by atoms with van der Waals surface area (Å²) in [4.78, 5) is 0. The zero-order chi connectivity index (χ0) is 10.6. The normalized spacial score (nSPS) is 11.7. The van der Waals surface area contributed by atoms with Crippen molar-refractivity contribution in [1.82, 2.24) is 0 Å². The van der Waals surface area contributed by atoms with Crippen LogP contribution < -0.4 is 0 Å². The SMILES string of the molecule is C=CCC(=CCCCC)CCCCC. The second-order valence-corrected chi connectivity index (χ2v) is 3.95. The Balaban J connectivity index is 3.74. The van der Waals surface area contributed by atoms with Gasteiger partial charge >= 0.3 is 0 Å². The number of allylic oxidation sites excluding steroid dienone is 3. The maximum atomic E-state index is 3.82. The molecule has 0 unspecified atom stereocenters. The van der Waals surface area contributed by atoms with Gasteiger partial charge in [-0.25, -0.2) is 0 Å². The molecule has 0 rings (SSSR count). The van der Waals surface area contributed by atoms with Gasteiger partial charge in [-0.3, -0.25) is 0 Å². The molecule has 0 aliphatic heterocycles. The molecule has 0 amide bonds. The van der Waals surface area contributed by atoms with E-state index in [1.54, 1.807) is 5.57 Å². The van der Waals surface area contributed by atoms with E-state index in [0.29, 0.717) is 0 Å². The first kappa shape index (κ1) is 13.5. The monoisotopic (exact) mass is 194 g/mol. The second kappa shape index (κ2) is 10.6. The van der Waals surface area contributed by atoms with Gasteiger partial charge in [0.1, 0.15) is 0 Å². The minimum absolute atomic E-state index is 1.09. The minimum atomic E-state index is 1.09. The molecule has 0 fully saturated rings. The van der Waals surface area contributed by atoms with Crippen molar-refractivity contribution >= 4 is 0 Å². The fourth-order valence-corrected chi connectivity index (χ4v) is 1.59. The lowest BCUT2D eigenvalue weighted by atomic mass is 10.0. The van der Waals surface area contributed by atoms with Crippen molar-refractivity contribution in [3.05, 3.63) is 24.3 Å². The highest BCUT2D eigenvalue weighted by Gasteiger charge is 1.94. The van der Waals surface area contributed by atoms with Crippen LogP contribution in [0.3, 0.4) is 0 Å². The van der Waals surface area contributed by atoms with Crippen molar-refractivity contribution in [2.75, 3.05) is 0 Å². The van der Waals surface area contributed by atoms with Gasteiger partial charge < -0.3 is 0 Å². The Morgan fingerprint density at radius 2 is 1.79 bits per heavy atom. The van der Waals surface area contributed by atoms with Gasteiger partial charge in [0, 0.05) is 0 Å². The van der Waals surface area contributed by atoms with Crippen LogP contribution in [0.5, 0.6) is 0 Å². The lowest BCUT2D eigenvalue weighted by molar-refractivity contribution is 0.701. The van der Waals surface area contributed by atoms with Gasteiger partial charge in [-0.05, 0) is 25.7 Å². The van der Waals surface area contributed by atoms with Crippen LogP contribution in [-0.4, -0.2) is 0 Å². The Labute approximate surface area is 90.1 Å². The molecule has 0 atom stereocenters. The Kier molecular flexibility index (Phi) is 10.2. The molecule has 0 nitrogen and oxygen atoms in total. The van der Waals surface area contributed by atoms with E-state index in [4.69, 9.17) is 0 Å². The quantitative estimate of drug-likeness (QED) is 0.347. The molecule has 0 radical (unpaired) electrons. The van der Waals surface area contributed by atoms with Crippen molar-refractivity contribution in [1.29, 1.82) is 0 Å². The summed E-state index contributed by atoms with van der Waals surface area (Å²) in [6.07, 6.45) is 14.7. The molecule has 0 aromatic rings. The second-order valence-electron chi connectivity index (χ2n) is 3.95. The van der Waals surface area contributed by atoms with Crippen LogP contribution in [0, 0.1) is 0 Å². The van der Waals surface area contributed by atoms with Crippen LogP contribution in [0.1, 0.15) is 65.2 Å². The zero-order valence-corrected chi connectivity index (χ0v) is 10.0. The third kappa shape index (κ3) is 8.10. The number of unbranched alkanes of at least 4 members (excludes halogenated alkanes) is 4. The van der Waals surface area contributed by atoms with E-state index in [1.807, 2.05) is 6.08 Å². The van der Waals surface area contributed by atoms with Gasteiger partial charge in [-0.1, -0.05) is 57.3 Å². The van der Waals surface area contributed by atoms with Crippen LogP contribution in [0.2, 0.25) is 0 Å². The number of hydrogen-bond acceptors (Lipinski definition) is 0. The fourth-order valence-electron chi connectivity index (χ4n) is 1.59. The van der Waals surface area contributed by atoms with Gasteiger partial charge in [-0.2, -0.15) is 0 Å². The first-order valence-electron chi connectivity index (χ1n) is 6.13. The van der Waals surface area contributed by atoms with Crippen molar-refractivity contribution in [2.45, 2.75) is 65.2 Å². The van der Waals surface area contributed by atoms with E-state index in [0.717, 1.165) is 6.42 Å². The predicted octanol–water partition coefficient (Wildman–Crippen LogP) is 5.26. The summed E-state index contributed by atoms with van der Waals surface area (Å²) < 4.78 is 0. The predicted molar refractivity (Wildman–Crippen MR) is 66.6 cm³/mol. The Hall–Kier alpha value is -0.520. The van der Waals surface area contributed by atoms with E-state index in [2.05, 4.69) is 26.5 Å². The van der Waals surface area contributed by atoms with Crippen LogP contribution in [0.25, 0.3) is 0 Å². The summed E-state index contributed by atoms with van der Waals surface area (Å²) in [6, 6.07) is 0. The van der Waals surface area contributed by atoms with Gasteiger partial charge in [0.25, 0.3) is 0 Å². The van der Waals surface area contributed by atoms with Crippen molar-refractivity contribution in [3.63, 3.8) is 0 Å². The molecular weight excluding hydrogens is 168 g/mol. The minimum Gasteiger partial charge on any atom is -0.103 e. The maximum absolute atomic E-state index is 3.82. The van der Waals surface area contributed by atoms with Crippen molar-refractivity contribution < 1.29 is 0 Å².